The zero-order chi connectivity index (χ0) is 22.3. The lowest BCUT2D eigenvalue weighted by Gasteiger charge is -2.10. The maximum absolute atomic E-state index is 13.2. The fourth-order valence-corrected chi connectivity index (χ4v) is 2.08. The summed E-state index contributed by atoms with van der Waals surface area (Å²) in [4.78, 5) is 10.5. The van der Waals surface area contributed by atoms with Crippen LogP contribution < -0.4 is 10.6 Å². The SMILES string of the molecule is CC(C)NCCOCCOCCOCCOCCOCCOCC(F)CNC(=O)S. The number of ether oxygens (including phenoxy) is 6. The molecule has 0 aliphatic rings. The number of hydrogen-bond acceptors (Lipinski definition) is 8. The molecule has 0 heterocycles. The van der Waals surface area contributed by atoms with E-state index in [1.807, 2.05) is 0 Å². The van der Waals surface area contributed by atoms with Gasteiger partial charge >= 0.3 is 0 Å². The minimum atomic E-state index is -1.26. The van der Waals surface area contributed by atoms with E-state index in [9.17, 15) is 9.18 Å². The Kier molecular flexibility index (Phi) is 22.7. The average Bonchev–Trinajstić information content (AvgIpc) is 2.70. The summed E-state index contributed by atoms with van der Waals surface area (Å²) in [6.45, 7) is 10.2. The predicted molar refractivity (Wildman–Crippen MR) is 115 cm³/mol. The van der Waals surface area contributed by atoms with Gasteiger partial charge in [0.1, 0.15) is 6.17 Å². The molecule has 180 valence electrons. The van der Waals surface area contributed by atoms with Gasteiger partial charge in [-0.1, -0.05) is 26.5 Å². The van der Waals surface area contributed by atoms with Gasteiger partial charge in [-0.15, -0.1) is 0 Å². The van der Waals surface area contributed by atoms with Crippen LogP contribution in [0.2, 0.25) is 0 Å². The number of amides is 1. The average molecular weight is 459 g/mol. The Morgan fingerprint density at radius 3 is 1.57 bits per heavy atom. The summed E-state index contributed by atoms with van der Waals surface area (Å²) < 4.78 is 45.2. The van der Waals surface area contributed by atoms with Crippen LogP contribution in [0.25, 0.3) is 0 Å². The van der Waals surface area contributed by atoms with Gasteiger partial charge in [-0.25, -0.2) is 4.39 Å². The van der Waals surface area contributed by atoms with Gasteiger partial charge in [-0.3, -0.25) is 4.79 Å². The molecule has 0 aromatic carbocycles. The molecule has 0 fully saturated rings. The van der Waals surface area contributed by atoms with Gasteiger partial charge in [0, 0.05) is 12.6 Å². The van der Waals surface area contributed by atoms with Crippen LogP contribution in [0.1, 0.15) is 13.8 Å². The highest BCUT2D eigenvalue weighted by atomic mass is 32.1. The quantitative estimate of drug-likeness (QED) is 0.155. The maximum atomic E-state index is 13.2. The Bertz CT molecular complexity index is 385. The standard InChI is InChI=1S/C19H39FN2O7S/c1-17(2)21-3-4-24-5-6-25-7-8-26-9-10-27-11-12-28-13-14-29-16-18(20)15-22-19(23)30/h17-18,21H,3-16H2,1-2H3,(H2,22,23,30). The van der Waals surface area contributed by atoms with E-state index < -0.39 is 11.4 Å². The molecular formula is C19H39FN2O7S. The van der Waals surface area contributed by atoms with Crippen molar-refractivity contribution < 1.29 is 37.6 Å². The molecule has 1 atom stereocenters. The number of rotatable bonds is 23. The molecule has 0 saturated carbocycles. The van der Waals surface area contributed by atoms with Crippen LogP contribution >= 0.6 is 12.6 Å². The first-order valence-electron chi connectivity index (χ1n) is 10.3. The molecule has 1 unspecified atom stereocenters. The zero-order valence-electron chi connectivity index (χ0n) is 18.2. The Hall–Kier alpha value is -0.530. The molecule has 0 aromatic rings. The van der Waals surface area contributed by atoms with Crippen molar-refractivity contribution in [3.8, 4) is 0 Å². The summed E-state index contributed by atoms with van der Waals surface area (Å²) in [7, 11) is 0. The van der Waals surface area contributed by atoms with Crippen LogP contribution in [0.3, 0.4) is 0 Å². The summed E-state index contributed by atoms with van der Waals surface area (Å²) in [5.74, 6) is 0. The molecule has 11 heteroatoms. The van der Waals surface area contributed by atoms with E-state index in [1.165, 1.54) is 0 Å². The van der Waals surface area contributed by atoms with Crippen molar-refractivity contribution in [1.82, 2.24) is 10.6 Å². The fraction of sp³-hybridized carbons (Fsp3) is 0.947. The van der Waals surface area contributed by atoms with Gasteiger partial charge in [-0.05, 0) is 0 Å². The van der Waals surface area contributed by atoms with Gasteiger partial charge in [0.2, 0.25) is 0 Å². The van der Waals surface area contributed by atoms with Crippen LogP contribution in [0.15, 0.2) is 0 Å². The third kappa shape index (κ3) is 25.5. The van der Waals surface area contributed by atoms with E-state index in [0.29, 0.717) is 72.1 Å². The number of thiol groups is 1. The molecule has 0 aliphatic carbocycles. The summed E-state index contributed by atoms with van der Waals surface area (Å²) >= 11 is 3.48. The molecule has 0 saturated heterocycles. The van der Waals surface area contributed by atoms with E-state index >= 15 is 0 Å². The van der Waals surface area contributed by atoms with Crippen molar-refractivity contribution >= 4 is 17.9 Å². The minimum Gasteiger partial charge on any atom is -0.378 e. The number of carbonyl (C=O) groups excluding carboxylic acids is 1. The first-order valence-corrected chi connectivity index (χ1v) is 10.8. The van der Waals surface area contributed by atoms with E-state index in [2.05, 4.69) is 37.1 Å². The Labute approximate surface area is 185 Å². The molecule has 30 heavy (non-hydrogen) atoms. The van der Waals surface area contributed by atoms with Crippen molar-refractivity contribution in [2.75, 3.05) is 92.4 Å². The third-order valence-corrected chi connectivity index (χ3v) is 3.59. The molecular weight excluding hydrogens is 419 g/mol. The maximum Gasteiger partial charge on any atom is 0.276 e. The van der Waals surface area contributed by atoms with Crippen LogP contribution in [0, 0.1) is 0 Å². The lowest BCUT2D eigenvalue weighted by atomic mass is 10.4. The summed E-state index contributed by atoms with van der Waals surface area (Å²) in [6, 6.07) is 0.474. The second-order valence-corrected chi connectivity index (χ2v) is 6.94. The van der Waals surface area contributed by atoms with Crippen molar-refractivity contribution in [3.63, 3.8) is 0 Å². The highest BCUT2D eigenvalue weighted by molar-refractivity contribution is 7.96. The van der Waals surface area contributed by atoms with Crippen molar-refractivity contribution in [2.24, 2.45) is 0 Å². The Balaban J connectivity index is 3.09. The molecule has 0 spiro atoms. The van der Waals surface area contributed by atoms with E-state index in [1.54, 1.807) is 0 Å². The third-order valence-electron chi connectivity index (χ3n) is 3.43. The van der Waals surface area contributed by atoms with Crippen LogP contribution in [0.5, 0.6) is 0 Å². The lowest BCUT2D eigenvalue weighted by Crippen LogP contribution is -2.29. The van der Waals surface area contributed by atoms with Gasteiger partial charge < -0.3 is 39.1 Å². The highest BCUT2D eigenvalue weighted by Gasteiger charge is 2.07. The first kappa shape index (κ1) is 29.5. The molecule has 0 aromatic heterocycles. The van der Waals surface area contributed by atoms with Gasteiger partial charge in [0.15, 0.2) is 0 Å². The summed E-state index contributed by atoms with van der Waals surface area (Å²) in [5.41, 5.74) is 0. The van der Waals surface area contributed by atoms with Gasteiger partial charge in [-0.2, -0.15) is 0 Å². The first-order chi connectivity index (χ1) is 14.5. The largest absolute Gasteiger partial charge is 0.378 e. The van der Waals surface area contributed by atoms with Crippen molar-refractivity contribution in [2.45, 2.75) is 26.1 Å². The highest BCUT2D eigenvalue weighted by Crippen LogP contribution is 1.92. The van der Waals surface area contributed by atoms with Crippen LogP contribution in [-0.4, -0.2) is 110 Å². The monoisotopic (exact) mass is 458 g/mol. The van der Waals surface area contributed by atoms with Gasteiger partial charge in [0.05, 0.1) is 85.8 Å². The Morgan fingerprint density at radius 2 is 1.17 bits per heavy atom. The van der Waals surface area contributed by atoms with Crippen molar-refractivity contribution in [1.29, 1.82) is 0 Å². The van der Waals surface area contributed by atoms with E-state index in [-0.39, 0.29) is 19.8 Å². The van der Waals surface area contributed by atoms with Gasteiger partial charge in [0.25, 0.3) is 5.24 Å². The topological polar surface area (TPSA) is 96.5 Å². The zero-order valence-corrected chi connectivity index (χ0v) is 19.1. The second kappa shape index (κ2) is 23.1. The molecule has 1 amide bonds. The molecule has 0 bridgehead atoms. The molecule has 9 nitrogen and oxygen atoms in total. The number of carbonyl (C=O) groups is 1. The number of halogens is 1. The molecule has 0 radical (unpaired) electrons. The summed E-state index contributed by atoms with van der Waals surface area (Å²) in [6.07, 6.45) is -1.26. The summed E-state index contributed by atoms with van der Waals surface area (Å²) in [5, 5.41) is 4.97. The number of nitrogens with one attached hydrogen (secondary N) is 2. The molecule has 2 N–H and O–H groups in total. The normalized spacial score (nSPS) is 12.4. The molecule has 0 rings (SSSR count). The van der Waals surface area contributed by atoms with Crippen LogP contribution in [0.4, 0.5) is 9.18 Å². The van der Waals surface area contributed by atoms with E-state index in [4.69, 9.17) is 28.4 Å². The number of alkyl halides is 1. The van der Waals surface area contributed by atoms with Crippen molar-refractivity contribution in [3.05, 3.63) is 0 Å². The second-order valence-electron chi connectivity index (χ2n) is 6.53. The lowest BCUT2D eigenvalue weighted by molar-refractivity contribution is -0.0190. The Morgan fingerprint density at radius 1 is 0.767 bits per heavy atom. The smallest absolute Gasteiger partial charge is 0.276 e. The van der Waals surface area contributed by atoms with Crippen LogP contribution in [-0.2, 0) is 28.4 Å². The fourth-order valence-electron chi connectivity index (χ4n) is 1.99. The number of hydrogen-bond donors (Lipinski definition) is 3. The predicted octanol–water partition coefficient (Wildman–Crippen LogP) is 1.06. The van der Waals surface area contributed by atoms with E-state index in [0.717, 1.165) is 6.54 Å². The minimum absolute atomic E-state index is 0.0994. The molecule has 0 aliphatic heterocycles.